The second-order valence-electron chi connectivity index (χ2n) is 6.47. The summed E-state index contributed by atoms with van der Waals surface area (Å²) in [5.41, 5.74) is 4.31. The predicted molar refractivity (Wildman–Crippen MR) is 107 cm³/mol. The van der Waals surface area contributed by atoms with Crippen molar-refractivity contribution in [2.24, 2.45) is 0 Å². The van der Waals surface area contributed by atoms with E-state index in [-0.39, 0.29) is 0 Å². The van der Waals surface area contributed by atoms with E-state index in [0.29, 0.717) is 29.5 Å². The van der Waals surface area contributed by atoms with Crippen LogP contribution in [0.4, 0.5) is 4.39 Å². The Morgan fingerprint density at radius 3 is 2.66 bits per heavy atom. The number of methoxy groups -OCH3 is 1. The summed E-state index contributed by atoms with van der Waals surface area (Å²) in [7, 11) is 1.61. The van der Waals surface area contributed by atoms with Crippen LogP contribution in [0.15, 0.2) is 61.1 Å². The first-order chi connectivity index (χ1) is 14.1. The van der Waals surface area contributed by atoms with Gasteiger partial charge in [-0.25, -0.2) is 9.97 Å². The van der Waals surface area contributed by atoms with Gasteiger partial charge in [-0.3, -0.25) is 4.98 Å². The molecule has 0 saturated heterocycles. The largest absolute Gasteiger partial charge is 0.496 e. The van der Waals surface area contributed by atoms with E-state index in [1.807, 2.05) is 37.3 Å². The molecule has 6 nitrogen and oxygen atoms in total. The maximum Gasteiger partial charge on any atom is 0.212 e. The van der Waals surface area contributed by atoms with Gasteiger partial charge in [0.15, 0.2) is 0 Å². The fourth-order valence-corrected chi connectivity index (χ4v) is 2.97. The molecule has 1 N–H and O–H groups in total. The smallest absolute Gasteiger partial charge is 0.212 e. The van der Waals surface area contributed by atoms with Crippen molar-refractivity contribution in [3.05, 3.63) is 78.3 Å². The van der Waals surface area contributed by atoms with E-state index in [4.69, 9.17) is 9.47 Å². The third kappa shape index (κ3) is 4.24. The van der Waals surface area contributed by atoms with E-state index < -0.39 is 5.95 Å². The first kappa shape index (κ1) is 18.6. The lowest BCUT2D eigenvalue weighted by atomic mass is 10.1. The summed E-state index contributed by atoms with van der Waals surface area (Å²) in [5, 5.41) is 0. The van der Waals surface area contributed by atoms with Crippen molar-refractivity contribution < 1.29 is 13.9 Å². The van der Waals surface area contributed by atoms with E-state index in [1.165, 1.54) is 12.3 Å². The van der Waals surface area contributed by atoms with E-state index >= 15 is 0 Å². The first-order valence-corrected chi connectivity index (χ1v) is 9.02. The number of nitrogens with one attached hydrogen (secondary N) is 1. The number of nitrogens with zero attached hydrogens (tertiary/aromatic N) is 3. The van der Waals surface area contributed by atoms with Crippen LogP contribution in [-0.4, -0.2) is 27.0 Å². The molecule has 0 saturated carbocycles. The monoisotopic (exact) mass is 390 g/mol. The molecule has 0 amide bonds. The molecule has 0 radical (unpaired) electrons. The molecule has 0 fully saturated rings. The summed E-state index contributed by atoms with van der Waals surface area (Å²) in [5.74, 6) is 1.42. The van der Waals surface area contributed by atoms with Crippen LogP contribution in [0, 0.1) is 12.9 Å². The number of benzene rings is 1. The molecule has 0 aliphatic rings. The number of aromatic nitrogens is 4. The highest BCUT2D eigenvalue weighted by Crippen LogP contribution is 2.33. The maximum absolute atomic E-state index is 13.0. The molecule has 0 unspecified atom stereocenters. The van der Waals surface area contributed by atoms with Crippen molar-refractivity contribution in [2.75, 3.05) is 7.11 Å². The van der Waals surface area contributed by atoms with Crippen LogP contribution in [0.25, 0.3) is 22.6 Å². The van der Waals surface area contributed by atoms with Crippen molar-refractivity contribution in [3.63, 3.8) is 0 Å². The summed E-state index contributed by atoms with van der Waals surface area (Å²) in [6.45, 7) is 2.39. The summed E-state index contributed by atoms with van der Waals surface area (Å²) < 4.78 is 24.5. The lowest BCUT2D eigenvalue weighted by Gasteiger charge is -2.11. The number of halogens is 1. The Hall–Kier alpha value is -3.74. The number of H-pyrrole nitrogens is 1. The number of rotatable bonds is 6. The van der Waals surface area contributed by atoms with Crippen molar-refractivity contribution in [2.45, 2.75) is 13.5 Å². The average molecular weight is 390 g/mol. The number of aryl methyl sites for hydroxylation is 1. The summed E-state index contributed by atoms with van der Waals surface area (Å²) >= 11 is 0. The Bertz CT molecular complexity index is 1130. The zero-order chi connectivity index (χ0) is 20.2. The van der Waals surface area contributed by atoms with E-state index in [0.717, 1.165) is 22.5 Å². The van der Waals surface area contributed by atoms with Crippen molar-refractivity contribution in [3.8, 4) is 34.1 Å². The molecule has 0 atom stereocenters. The van der Waals surface area contributed by atoms with Gasteiger partial charge in [-0.05, 0) is 48.9 Å². The molecule has 0 aliphatic carbocycles. The lowest BCUT2D eigenvalue weighted by Crippen LogP contribution is -1.97. The van der Waals surface area contributed by atoms with Gasteiger partial charge in [0.25, 0.3) is 0 Å². The lowest BCUT2D eigenvalue weighted by molar-refractivity contribution is 0.303. The molecule has 29 heavy (non-hydrogen) atoms. The molecule has 4 rings (SSSR count). The van der Waals surface area contributed by atoms with Crippen molar-refractivity contribution in [1.29, 1.82) is 0 Å². The number of ether oxygens (including phenoxy) is 2. The molecule has 146 valence electrons. The summed E-state index contributed by atoms with van der Waals surface area (Å²) in [6.07, 6.45) is 4.91. The molecular formula is C22H19FN4O2. The average Bonchev–Trinajstić information content (AvgIpc) is 3.22. The zero-order valence-corrected chi connectivity index (χ0v) is 16.0. The van der Waals surface area contributed by atoms with Gasteiger partial charge < -0.3 is 14.5 Å². The van der Waals surface area contributed by atoms with Crippen LogP contribution in [-0.2, 0) is 6.61 Å². The van der Waals surface area contributed by atoms with Crippen LogP contribution in [0.1, 0.15) is 11.3 Å². The molecule has 7 heteroatoms. The highest BCUT2D eigenvalue weighted by Gasteiger charge is 2.12. The molecule has 0 aliphatic heterocycles. The molecule has 4 aromatic rings. The van der Waals surface area contributed by atoms with Crippen LogP contribution in [0.5, 0.6) is 11.5 Å². The second-order valence-corrected chi connectivity index (χ2v) is 6.47. The van der Waals surface area contributed by atoms with Gasteiger partial charge in [0.1, 0.15) is 23.9 Å². The number of hydrogen-bond donors (Lipinski definition) is 1. The highest BCUT2D eigenvalue weighted by atomic mass is 19.1. The Balaban J connectivity index is 1.54. The Kier molecular flexibility index (Phi) is 5.20. The Morgan fingerprint density at radius 1 is 1.00 bits per heavy atom. The topological polar surface area (TPSA) is 72.9 Å². The SMILES string of the molecule is COc1cc(OCc2ccnc(C)c2)ccc1-c1cnc(-c2ccc(F)nc2)[nH]1. The Labute approximate surface area is 167 Å². The van der Waals surface area contributed by atoms with E-state index in [2.05, 4.69) is 19.9 Å². The van der Waals surface area contributed by atoms with E-state index in [9.17, 15) is 4.39 Å². The first-order valence-electron chi connectivity index (χ1n) is 9.02. The van der Waals surface area contributed by atoms with Crippen LogP contribution in [0.2, 0.25) is 0 Å². The van der Waals surface area contributed by atoms with Gasteiger partial charge in [0.05, 0.1) is 19.0 Å². The molecule has 1 aromatic carbocycles. The number of imidazole rings is 1. The van der Waals surface area contributed by atoms with Crippen molar-refractivity contribution in [1.82, 2.24) is 19.9 Å². The zero-order valence-electron chi connectivity index (χ0n) is 16.0. The third-order valence-electron chi connectivity index (χ3n) is 4.41. The van der Waals surface area contributed by atoms with Gasteiger partial charge in [-0.2, -0.15) is 4.39 Å². The number of aromatic amines is 1. The van der Waals surface area contributed by atoms with Crippen LogP contribution < -0.4 is 9.47 Å². The van der Waals surface area contributed by atoms with Gasteiger partial charge in [-0.15, -0.1) is 0 Å². The second kappa shape index (κ2) is 8.10. The van der Waals surface area contributed by atoms with Gasteiger partial charge >= 0.3 is 0 Å². The minimum atomic E-state index is -0.528. The van der Waals surface area contributed by atoms with E-state index in [1.54, 1.807) is 25.6 Å². The molecule has 3 heterocycles. The molecule has 0 spiro atoms. The van der Waals surface area contributed by atoms with Gasteiger partial charge in [-0.1, -0.05) is 0 Å². The maximum atomic E-state index is 13.0. The quantitative estimate of drug-likeness (QED) is 0.488. The minimum Gasteiger partial charge on any atom is -0.496 e. The fraction of sp³-hybridized carbons (Fsp3) is 0.136. The number of hydrogen-bond acceptors (Lipinski definition) is 5. The number of pyridine rings is 2. The van der Waals surface area contributed by atoms with Crippen LogP contribution >= 0.6 is 0 Å². The summed E-state index contributed by atoms with van der Waals surface area (Å²) in [4.78, 5) is 15.4. The van der Waals surface area contributed by atoms with Crippen LogP contribution in [0.3, 0.4) is 0 Å². The highest BCUT2D eigenvalue weighted by molar-refractivity contribution is 5.70. The predicted octanol–water partition coefficient (Wildman–Crippen LogP) is 4.57. The molecule has 3 aromatic heterocycles. The summed E-state index contributed by atoms with van der Waals surface area (Å²) in [6, 6.07) is 12.5. The van der Waals surface area contributed by atoms with Gasteiger partial charge in [0, 0.05) is 35.3 Å². The van der Waals surface area contributed by atoms with Crippen molar-refractivity contribution >= 4 is 0 Å². The fourth-order valence-electron chi connectivity index (χ4n) is 2.97. The molecule has 0 bridgehead atoms. The van der Waals surface area contributed by atoms with Gasteiger partial charge in [0.2, 0.25) is 5.95 Å². The standard InChI is InChI=1S/C22H19FN4O2/c1-14-9-15(7-8-24-14)13-29-17-4-5-18(20(10-17)28-2)19-12-26-22(27-19)16-3-6-21(23)25-11-16/h3-12H,13H2,1-2H3,(H,26,27). The third-order valence-corrected chi connectivity index (χ3v) is 4.41. The minimum absolute atomic E-state index is 0.442. The molecular weight excluding hydrogens is 371 g/mol. The normalized spacial score (nSPS) is 10.7. The Morgan fingerprint density at radius 2 is 1.90 bits per heavy atom.